The van der Waals surface area contributed by atoms with E-state index >= 15 is 0 Å². The average molecular weight is 230 g/mol. The molecule has 3 heteroatoms. The summed E-state index contributed by atoms with van der Waals surface area (Å²) in [5.74, 6) is 0.979. The molecule has 0 N–H and O–H groups in total. The lowest BCUT2D eigenvalue weighted by Gasteiger charge is -2.16. The van der Waals surface area contributed by atoms with Gasteiger partial charge in [0.25, 0.3) is 0 Å². The molecule has 2 nitrogen and oxygen atoms in total. The van der Waals surface area contributed by atoms with Gasteiger partial charge in [0.05, 0.1) is 6.54 Å². The van der Waals surface area contributed by atoms with Gasteiger partial charge in [-0.05, 0) is 17.5 Å². The van der Waals surface area contributed by atoms with Crippen molar-refractivity contribution in [3.63, 3.8) is 0 Å². The molecule has 0 bridgehead atoms. The van der Waals surface area contributed by atoms with Gasteiger partial charge in [0.15, 0.2) is 0 Å². The zero-order chi connectivity index (χ0) is 11.1. The van der Waals surface area contributed by atoms with Crippen LogP contribution in [0.2, 0.25) is 0 Å². The Morgan fingerprint density at radius 2 is 2.19 bits per heavy atom. The summed E-state index contributed by atoms with van der Waals surface area (Å²) >= 11 is 1.79. The van der Waals surface area contributed by atoms with E-state index < -0.39 is 0 Å². The molecule has 0 aliphatic carbocycles. The van der Waals surface area contributed by atoms with E-state index in [-0.39, 0.29) is 0 Å². The van der Waals surface area contributed by atoms with E-state index in [1.54, 1.807) is 11.9 Å². The van der Waals surface area contributed by atoms with Gasteiger partial charge in [0.1, 0.15) is 0 Å². The van der Waals surface area contributed by atoms with Crippen molar-refractivity contribution in [1.29, 1.82) is 0 Å². The summed E-state index contributed by atoms with van der Waals surface area (Å²) in [4.78, 5) is 4.02. The molecule has 1 aliphatic rings. The summed E-state index contributed by atoms with van der Waals surface area (Å²) in [5, 5.41) is 0. The molecule has 0 saturated carbocycles. The van der Waals surface area contributed by atoms with Gasteiger partial charge >= 0.3 is 0 Å². The minimum absolute atomic E-state index is 0.889. The lowest BCUT2D eigenvalue weighted by atomic mass is 10.2. The van der Waals surface area contributed by atoms with Gasteiger partial charge in [-0.15, -0.1) is 0 Å². The van der Waals surface area contributed by atoms with Crippen molar-refractivity contribution in [2.24, 2.45) is 4.99 Å². The van der Waals surface area contributed by atoms with E-state index in [4.69, 9.17) is 0 Å². The third kappa shape index (κ3) is 3.59. The maximum Gasteiger partial charge on any atom is 0.0643 e. The van der Waals surface area contributed by atoms with Crippen molar-refractivity contribution in [1.82, 2.24) is 4.31 Å². The minimum Gasteiger partial charge on any atom is -0.316 e. The number of hydrogen-bond acceptors (Lipinski definition) is 3. The number of nitrogens with zero attached hydrogens (tertiary/aromatic N) is 2. The van der Waals surface area contributed by atoms with Crippen molar-refractivity contribution in [2.75, 3.05) is 12.3 Å². The Morgan fingerprint density at radius 3 is 2.94 bits per heavy atom. The third-order valence-electron chi connectivity index (χ3n) is 2.13. The minimum atomic E-state index is 0.889. The predicted octanol–water partition coefficient (Wildman–Crippen LogP) is 3.21. The van der Waals surface area contributed by atoms with Gasteiger partial charge in [-0.25, -0.2) is 0 Å². The SMILES string of the molecule is C(=Cc1ccccc1)CSN1C=CN=CC1. The van der Waals surface area contributed by atoms with Gasteiger partial charge in [-0.3, -0.25) is 4.99 Å². The summed E-state index contributed by atoms with van der Waals surface area (Å²) in [6.07, 6.45) is 10.1. The normalized spacial score (nSPS) is 14.9. The van der Waals surface area contributed by atoms with Crippen LogP contribution in [0.5, 0.6) is 0 Å². The quantitative estimate of drug-likeness (QED) is 0.738. The smallest absolute Gasteiger partial charge is 0.0643 e. The molecule has 0 atom stereocenters. The van der Waals surface area contributed by atoms with Crippen LogP contribution in [0.4, 0.5) is 0 Å². The van der Waals surface area contributed by atoms with Crippen LogP contribution in [0.3, 0.4) is 0 Å². The fourth-order valence-electron chi connectivity index (χ4n) is 1.35. The molecule has 0 unspecified atom stereocenters. The summed E-state index contributed by atoms with van der Waals surface area (Å²) in [7, 11) is 0. The molecule has 0 amide bonds. The van der Waals surface area contributed by atoms with Crippen LogP contribution in [0.15, 0.2) is 53.8 Å². The second-order valence-electron chi connectivity index (χ2n) is 3.34. The number of hydrogen-bond donors (Lipinski definition) is 0. The zero-order valence-electron chi connectivity index (χ0n) is 8.99. The first-order chi connectivity index (χ1) is 7.95. The van der Waals surface area contributed by atoms with Gasteiger partial charge in [-0.2, -0.15) is 0 Å². The van der Waals surface area contributed by atoms with Gasteiger partial charge < -0.3 is 4.31 Å². The van der Waals surface area contributed by atoms with Crippen molar-refractivity contribution >= 4 is 24.2 Å². The van der Waals surface area contributed by atoms with Gasteiger partial charge in [0.2, 0.25) is 0 Å². The van der Waals surface area contributed by atoms with Crippen molar-refractivity contribution in [2.45, 2.75) is 0 Å². The molecule has 0 spiro atoms. The number of rotatable bonds is 4. The van der Waals surface area contributed by atoms with Crippen LogP contribution in [-0.4, -0.2) is 22.8 Å². The second-order valence-corrected chi connectivity index (χ2v) is 4.40. The fraction of sp³-hybridized carbons (Fsp3) is 0.154. The van der Waals surface area contributed by atoms with Crippen LogP contribution in [0.1, 0.15) is 5.56 Å². The van der Waals surface area contributed by atoms with E-state index in [9.17, 15) is 0 Å². The highest BCUT2D eigenvalue weighted by atomic mass is 32.2. The lowest BCUT2D eigenvalue weighted by Crippen LogP contribution is -2.13. The zero-order valence-corrected chi connectivity index (χ0v) is 9.81. The second kappa shape index (κ2) is 6.18. The fourth-order valence-corrected chi connectivity index (χ4v) is 2.03. The van der Waals surface area contributed by atoms with Crippen LogP contribution < -0.4 is 0 Å². The van der Waals surface area contributed by atoms with Crippen LogP contribution in [-0.2, 0) is 0 Å². The predicted molar refractivity (Wildman–Crippen MR) is 72.3 cm³/mol. The molecular weight excluding hydrogens is 216 g/mol. The monoisotopic (exact) mass is 230 g/mol. The molecule has 0 radical (unpaired) electrons. The van der Waals surface area contributed by atoms with E-state index in [0.29, 0.717) is 0 Å². The summed E-state index contributed by atoms with van der Waals surface area (Å²) in [5.41, 5.74) is 1.25. The van der Waals surface area contributed by atoms with Gasteiger partial charge in [0, 0.05) is 24.4 Å². The van der Waals surface area contributed by atoms with E-state index in [2.05, 4.69) is 45.7 Å². The maximum absolute atomic E-state index is 4.02. The average Bonchev–Trinajstić information content (AvgIpc) is 2.37. The Labute approximate surface area is 101 Å². The first kappa shape index (κ1) is 11.0. The maximum atomic E-state index is 4.02. The Balaban J connectivity index is 1.74. The highest BCUT2D eigenvalue weighted by Crippen LogP contribution is 2.12. The summed E-state index contributed by atoms with van der Waals surface area (Å²) < 4.78 is 2.17. The highest BCUT2D eigenvalue weighted by Gasteiger charge is 1.98. The first-order valence-electron chi connectivity index (χ1n) is 5.24. The van der Waals surface area contributed by atoms with Crippen molar-refractivity contribution in [3.05, 3.63) is 54.4 Å². The van der Waals surface area contributed by atoms with Crippen LogP contribution >= 0.6 is 11.9 Å². The molecule has 2 rings (SSSR count). The molecule has 1 aromatic rings. The molecule has 0 saturated heterocycles. The first-order valence-corrected chi connectivity index (χ1v) is 6.19. The largest absolute Gasteiger partial charge is 0.316 e. The molecule has 0 aromatic heterocycles. The van der Waals surface area contributed by atoms with Crippen LogP contribution in [0.25, 0.3) is 6.08 Å². The van der Waals surface area contributed by atoms with Crippen molar-refractivity contribution < 1.29 is 0 Å². The van der Waals surface area contributed by atoms with E-state index in [1.165, 1.54) is 5.56 Å². The molecule has 0 fully saturated rings. The molecule has 1 aromatic carbocycles. The third-order valence-corrected chi connectivity index (χ3v) is 3.08. The van der Waals surface area contributed by atoms with E-state index in [1.807, 2.05) is 24.7 Å². The van der Waals surface area contributed by atoms with Crippen LogP contribution in [0, 0.1) is 0 Å². The number of aliphatic imine (C=N–C) groups is 1. The molecular formula is C13H14N2S. The Hall–Kier alpha value is -1.48. The highest BCUT2D eigenvalue weighted by molar-refractivity contribution is 7.97. The number of benzene rings is 1. The molecule has 1 aliphatic heterocycles. The van der Waals surface area contributed by atoms with E-state index in [0.717, 1.165) is 12.3 Å². The molecule has 1 heterocycles. The van der Waals surface area contributed by atoms with Gasteiger partial charge in [-0.1, -0.05) is 42.5 Å². The standard InChI is InChI=1S/C13H14N2S/c1-2-5-13(6-3-1)7-4-12-16-15-10-8-14-9-11-15/h1-10H,11-12H2. The molecule has 16 heavy (non-hydrogen) atoms. The Bertz CT molecular complexity index is 396. The Morgan fingerprint density at radius 1 is 1.31 bits per heavy atom. The van der Waals surface area contributed by atoms with Crippen molar-refractivity contribution in [3.8, 4) is 0 Å². The summed E-state index contributed by atoms with van der Waals surface area (Å²) in [6, 6.07) is 10.3. The Kier molecular flexibility index (Phi) is 4.26. The lowest BCUT2D eigenvalue weighted by molar-refractivity contribution is 0.715. The summed E-state index contributed by atoms with van der Waals surface area (Å²) in [6.45, 7) is 0.889. The molecule has 82 valence electrons. The topological polar surface area (TPSA) is 15.6 Å².